The molecule has 0 saturated carbocycles. The van der Waals surface area contributed by atoms with Crippen molar-refractivity contribution in [3.05, 3.63) is 64.3 Å². The fraction of sp³-hybridized carbons (Fsp3) is 0.118. The SMILES string of the molecule is NC(=O)c1c(S(=O)(=O)NCCNS(=O)(=O)c2ccc([N+](=O)[O-])cc2)c2ccccc2n1Br. The Hall–Kier alpha value is -2.85. The number of carbonyl (C=O) groups excluding carboxylic acids is 1. The molecule has 12 nitrogen and oxygen atoms in total. The number of nitrogens with zero attached hydrogens (tertiary/aromatic N) is 2. The van der Waals surface area contributed by atoms with Crippen LogP contribution in [0.15, 0.2) is 58.3 Å². The van der Waals surface area contributed by atoms with Crippen molar-refractivity contribution < 1.29 is 26.6 Å². The van der Waals surface area contributed by atoms with Gasteiger partial charge in [0.15, 0.2) is 0 Å². The molecule has 4 N–H and O–H groups in total. The number of nitrogens with one attached hydrogen (secondary N) is 2. The lowest BCUT2D eigenvalue weighted by Gasteiger charge is -2.09. The largest absolute Gasteiger partial charge is 0.364 e. The zero-order valence-electron chi connectivity index (χ0n) is 16.1. The lowest BCUT2D eigenvalue weighted by molar-refractivity contribution is -0.384. The molecule has 0 bridgehead atoms. The number of halogens is 1. The molecule has 3 rings (SSSR count). The van der Waals surface area contributed by atoms with Gasteiger partial charge >= 0.3 is 0 Å². The van der Waals surface area contributed by atoms with Gasteiger partial charge in [0.05, 0.1) is 31.5 Å². The molecule has 0 saturated heterocycles. The van der Waals surface area contributed by atoms with E-state index in [1.165, 1.54) is 9.66 Å². The van der Waals surface area contributed by atoms with Gasteiger partial charge in [0.1, 0.15) is 10.6 Å². The third kappa shape index (κ3) is 4.66. The molecule has 3 aromatic rings. The second-order valence-corrected chi connectivity index (χ2v) is 10.6. The van der Waals surface area contributed by atoms with Crippen molar-refractivity contribution in [2.45, 2.75) is 9.79 Å². The van der Waals surface area contributed by atoms with E-state index in [-0.39, 0.29) is 39.6 Å². The normalized spacial score (nSPS) is 12.2. The van der Waals surface area contributed by atoms with Gasteiger partial charge in [0, 0.05) is 30.6 Å². The highest BCUT2D eigenvalue weighted by Gasteiger charge is 2.29. The maximum atomic E-state index is 12.9. The number of hydrogen-bond acceptors (Lipinski definition) is 7. The van der Waals surface area contributed by atoms with Crippen LogP contribution in [0.5, 0.6) is 0 Å². The molecular weight excluding hydrogens is 530 g/mol. The molecule has 0 atom stereocenters. The molecule has 0 fully saturated rings. The third-order valence-electron chi connectivity index (χ3n) is 4.34. The molecule has 0 aliphatic rings. The van der Waals surface area contributed by atoms with Crippen molar-refractivity contribution in [1.29, 1.82) is 0 Å². The van der Waals surface area contributed by atoms with Gasteiger partial charge in [-0.2, -0.15) is 0 Å². The Morgan fingerprint density at radius 3 is 2.12 bits per heavy atom. The quantitative estimate of drug-likeness (QED) is 0.204. The van der Waals surface area contributed by atoms with E-state index in [4.69, 9.17) is 5.73 Å². The number of sulfonamides is 2. The van der Waals surface area contributed by atoms with E-state index in [1.807, 2.05) is 0 Å². The van der Waals surface area contributed by atoms with Crippen LogP contribution in [-0.2, 0) is 20.0 Å². The average Bonchev–Trinajstić information content (AvgIpc) is 3.05. The molecule has 0 aliphatic carbocycles. The molecule has 0 aliphatic heterocycles. The Labute approximate surface area is 191 Å². The van der Waals surface area contributed by atoms with Gasteiger partial charge in [-0.3, -0.25) is 18.5 Å². The summed E-state index contributed by atoms with van der Waals surface area (Å²) in [7, 11) is -8.28. The molecule has 1 heterocycles. The summed E-state index contributed by atoms with van der Waals surface area (Å²) in [6, 6.07) is 10.6. The first-order chi connectivity index (χ1) is 15.0. The smallest absolute Gasteiger partial charge is 0.269 e. The highest BCUT2D eigenvalue weighted by atomic mass is 79.9. The van der Waals surface area contributed by atoms with E-state index in [9.17, 15) is 31.7 Å². The number of benzene rings is 2. The monoisotopic (exact) mass is 545 g/mol. The Morgan fingerprint density at radius 1 is 1.00 bits per heavy atom. The number of para-hydroxylation sites is 1. The Morgan fingerprint density at radius 2 is 1.56 bits per heavy atom. The van der Waals surface area contributed by atoms with Crippen molar-refractivity contribution in [2.24, 2.45) is 5.73 Å². The first-order valence-electron chi connectivity index (χ1n) is 8.79. The summed E-state index contributed by atoms with van der Waals surface area (Å²) in [5.74, 6) is -0.975. The summed E-state index contributed by atoms with van der Waals surface area (Å²) in [4.78, 5) is 21.3. The second kappa shape index (κ2) is 8.95. The van der Waals surface area contributed by atoms with Crippen LogP contribution < -0.4 is 15.2 Å². The summed E-state index contributed by atoms with van der Waals surface area (Å²) in [5.41, 5.74) is 5.21. The number of primary amides is 1. The number of aromatic nitrogens is 1. The predicted octanol–water partition coefficient (Wildman–Crippen LogP) is 1.06. The predicted molar refractivity (Wildman–Crippen MR) is 118 cm³/mol. The first kappa shape index (κ1) is 23.8. The number of rotatable bonds is 9. The lowest BCUT2D eigenvalue weighted by atomic mass is 10.2. The number of nitro groups is 1. The summed E-state index contributed by atoms with van der Waals surface area (Å²) in [5, 5.41) is 10.9. The van der Waals surface area contributed by atoms with Crippen LogP contribution in [0.2, 0.25) is 0 Å². The Balaban J connectivity index is 1.76. The minimum atomic E-state index is -4.25. The van der Waals surface area contributed by atoms with Crippen LogP contribution in [-0.4, -0.2) is 44.3 Å². The van der Waals surface area contributed by atoms with E-state index < -0.39 is 30.9 Å². The number of carbonyl (C=O) groups is 1. The summed E-state index contributed by atoms with van der Waals surface area (Å²) in [6.07, 6.45) is 0. The number of nitro benzene ring substituents is 1. The van der Waals surface area contributed by atoms with Crippen LogP contribution in [0, 0.1) is 10.1 Å². The van der Waals surface area contributed by atoms with Gasteiger partial charge in [-0.1, -0.05) is 18.2 Å². The highest BCUT2D eigenvalue weighted by Crippen LogP contribution is 2.31. The van der Waals surface area contributed by atoms with E-state index in [0.29, 0.717) is 5.52 Å². The summed E-state index contributed by atoms with van der Waals surface area (Å²) in [6.45, 7) is -0.661. The maximum Gasteiger partial charge on any atom is 0.269 e. The lowest BCUT2D eigenvalue weighted by Crippen LogP contribution is -2.35. The minimum absolute atomic E-state index is 0.218. The van der Waals surface area contributed by atoms with Gasteiger partial charge in [0.2, 0.25) is 20.0 Å². The molecule has 0 spiro atoms. The van der Waals surface area contributed by atoms with Crippen LogP contribution in [0.1, 0.15) is 10.5 Å². The molecule has 1 amide bonds. The molecule has 170 valence electrons. The molecule has 32 heavy (non-hydrogen) atoms. The van der Waals surface area contributed by atoms with Crippen molar-refractivity contribution in [3.63, 3.8) is 0 Å². The van der Waals surface area contributed by atoms with Gasteiger partial charge < -0.3 is 5.73 Å². The highest BCUT2D eigenvalue weighted by molar-refractivity contribution is 9.08. The minimum Gasteiger partial charge on any atom is -0.364 e. The van der Waals surface area contributed by atoms with Crippen LogP contribution in [0.3, 0.4) is 0 Å². The van der Waals surface area contributed by atoms with Crippen LogP contribution >= 0.6 is 16.1 Å². The standard InChI is InChI=1S/C17H16BrN5O7S2/c18-22-14-4-2-1-3-13(14)16(15(22)17(19)24)32(29,30)21-10-9-20-31(27,28)12-7-5-11(6-8-12)23(25)26/h1-8,20-21H,9-10H2,(H2,19,24). The van der Waals surface area contributed by atoms with E-state index in [2.05, 4.69) is 25.6 Å². The van der Waals surface area contributed by atoms with Gasteiger partial charge in [0.25, 0.3) is 11.6 Å². The Kier molecular flexibility index (Phi) is 6.66. The molecule has 0 unspecified atom stereocenters. The van der Waals surface area contributed by atoms with E-state index in [0.717, 1.165) is 24.3 Å². The topological polar surface area (TPSA) is 184 Å². The molecule has 15 heteroatoms. The third-order valence-corrected chi connectivity index (χ3v) is 8.09. The molecule has 2 aromatic carbocycles. The first-order valence-corrected chi connectivity index (χ1v) is 12.5. The number of amides is 1. The number of non-ortho nitro benzene ring substituents is 1. The Bertz CT molecular complexity index is 1420. The number of nitrogens with two attached hydrogens (primary N) is 1. The average molecular weight is 546 g/mol. The van der Waals surface area contributed by atoms with Crippen LogP contribution in [0.4, 0.5) is 5.69 Å². The zero-order valence-corrected chi connectivity index (χ0v) is 19.3. The second-order valence-electron chi connectivity index (χ2n) is 6.39. The van der Waals surface area contributed by atoms with Crippen molar-refractivity contribution >= 4 is 58.7 Å². The van der Waals surface area contributed by atoms with E-state index in [1.54, 1.807) is 18.2 Å². The van der Waals surface area contributed by atoms with Crippen molar-refractivity contribution in [2.75, 3.05) is 13.1 Å². The van der Waals surface area contributed by atoms with Crippen LogP contribution in [0.25, 0.3) is 10.9 Å². The summed E-state index contributed by atoms with van der Waals surface area (Å²) >= 11 is 3.13. The van der Waals surface area contributed by atoms with E-state index >= 15 is 0 Å². The fourth-order valence-corrected chi connectivity index (χ4v) is 6.16. The van der Waals surface area contributed by atoms with Gasteiger partial charge in [-0.25, -0.2) is 26.3 Å². The zero-order chi connectivity index (χ0) is 23.7. The number of fused-ring (bicyclic) bond motifs is 1. The molecule has 1 aromatic heterocycles. The number of hydrogen-bond donors (Lipinski definition) is 3. The van der Waals surface area contributed by atoms with Gasteiger partial charge in [-0.05, 0) is 18.2 Å². The maximum absolute atomic E-state index is 12.9. The van der Waals surface area contributed by atoms with Crippen molar-refractivity contribution in [1.82, 2.24) is 13.0 Å². The summed E-state index contributed by atoms with van der Waals surface area (Å²) < 4.78 is 56.0. The van der Waals surface area contributed by atoms with Gasteiger partial charge in [-0.15, -0.1) is 0 Å². The molecular formula is C17H16BrN5O7S2. The van der Waals surface area contributed by atoms with Crippen molar-refractivity contribution in [3.8, 4) is 0 Å². The molecule has 0 radical (unpaired) electrons. The fourth-order valence-electron chi connectivity index (χ4n) is 2.93.